The van der Waals surface area contributed by atoms with Crippen LogP contribution in [0.15, 0.2) is 51.7 Å². The summed E-state index contributed by atoms with van der Waals surface area (Å²) in [7, 11) is 0. The van der Waals surface area contributed by atoms with E-state index in [1.54, 1.807) is 0 Å². The molecule has 2 aromatic rings. The first kappa shape index (κ1) is 11.6. The van der Waals surface area contributed by atoms with Crippen LogP contribution in [0.3, 0.4) is 0 Å². The minimum absolute atomic E-state index is 0.283. The fraction of sp³-hybridized carbons (Fsp3) is 0.0833. The van der Waals surface area contributed by atoms with Crippen LogP contribution in [-0.2, 0) is 6.54 Å². The van der Waals surface area contributed by atoms with Gasteiger partial charge in [-0.1, -0.05) is 22.0 Å². The number of benzene rings is 1. The molecule has 1 aromatic carbocycles. The lowest BCUT2D eigenvalue weighted by Crippen LogP contribution is -2.33. The van der Waals surface area contributed by atoms with Crippen molar-refractivity contribution in [3.8, 4) is 5.75 Å². The Kier molecular flexibility index (Phi) is 3.61. The molecule has 0 radical (unpaired) electrons. The van der Waals surface area contributed by atoms with E-state index in [1.165, 1.54) is 0 Å². The van der Waals surface area contributed by atoms with Crippen molar-refractivity contribution in [3.63, 3.8) is 0 Å². The molecule has 4 heteroatoms. The number of aromatic nitrogens is 1. The van der Waals surface area contributed by atoms with E-state index in [-0.39, 0.29) is 5.75 Å². The molecule has 0 amide bonds. The van der Waals surface area contributed by atoms with Crippen LogP contribution in [0, 0.1) is 0 Å². The monoisotopic (exact) mass is 342 g/mol. The second-order valence-electron chi connectivity index (χ2n) is 3.40. The molecule has 0 fully saturated rings. The van der Waals surface area contributed by atoms with Gasteiger partial charge in [0.25, 0.3) is 0 Å². The average molecular weight is 344 g/mol. The number of hydrogen-bond donors (Lipinski definition) is 1. The van der Waals surface area contributed by atoms with Gasteiger partial charge in [0.1, 0.15) is 5.75 Å². The molecule has 0 saturated heterocycles. The van der Waals surface area contributed by atoms with Gasteiger partial charge in [0.15, 0.2) is 18.9 Å². The van der Waals surface area contributed by atoms with Crippen molar-refractivity contribution in [3.05, 3.63) is 57.2 Å². The molecule has 0 unspecified atom stereocenters. The van der Waals surface area contributed by atoms with E-state index in [2.05, 4.69) is 31.9 Å². The second-order valence-corrected chi connectivity index (χ2v) is 5.11. The third-order valence-corrected chi connectivity index (χ3v) is 3.68. The highest BCUT2D eigenvalue weighted by molar-refractivity contribution is 9.11. The first-order valence-electron chi connectivity index (χ1n) is 4.78. The lowest BCUT2D eigenvalue weighted by Gasteiger charge is -2.05. The zero-order chi connectivity index (χ0) is 11.5. The Morgan fingerprint density at radius 2 is 1.62 bits per heavy atom. The summed E-state index contributed by atoms with van der Waals surface area (Å²) in [6, 6.07) is 9.62. The van der Waals surface area contributed by atoms with E-state index < -0.39 is 0 Å². The number of hydrogen-bond acceptors (Lipinski definition) is 1. The van der Waals surface area contributed by atoms with Crippen molar-refractivity contribution in [1.82, 2.24) is 0 Å². The summed E-state index contributed by atoms with van der Waals surface area (Å²) in [5.41, 5.74) is 0.866. The normalized spacial score (nSPS) is 10.4. The molecular formula is C12H10Br2NO+. The predicted molar refractivity (Wildman–Crippen MR) is 69.2 cm³/mol. The van der Waals surface area contributed by atoms with Crippen molar-refractivity contribution in [2.24, 2.45) is 0 Å². The summed E-state index contributed by atoms with van der Waals surface area (Å²) in [5.74, 6) is 0.283. The van der Waals surface area contributed by atoms with Crippen molar-refractivity contribution < 1.29 is 9.67 Å². The summed E-state index contributed by atoms with van der Waals surface area (Å²) < 4.78 is 3.62. The van der Waals surface area contributed by atoms with E-state index in [9.17, 15) is 5.11 Å². The Hall–Kier alpha value is -0.870. The highest BCUT2D eigenvalue weighted by Crippen LogP contribution is 2.32. The largest absolute Gasteiger partial charge is 0.506 e. The number of aromatic hydroxyl groups is 1. The van der Waals surface area contributed by atoms with Crippen molar-refractivity contribution in [2.75, 3.05) is 0 Å². The lowest BCUT2D eigenvalue weighted by molar-refractivity contribution is -0.688. The zero-order valence-corrected chi connectivity index (χ0v) is 11.6. The van der Waals surface area contributed by atoms with Crippen LogP contribution < -0.4 is 4.57 Å². The van der Waals surface area contributed by atoms with Gasteiger partial charge < -0.3 is 5.11 Å². The van der Waals surface area contributed by atoms with Gasteiger partial charge >= 0.3 is 0 Å². The van der Waals surface area contributed by atoms with Crippen LogP contribution in [0.1, 0.15) is 5.56 Å². The maximum absolute atomic E-state index is 9.95. The molecule has 0 spiro atoms. The summed E-state index contributed by atoms with van der Waals surface area (Å²) >= 11 is 6.76. The molecule has 16 heavy (non-hydrogen) atoms. The molecule has 1 heterocycles. The Labute approximate surface area is 111 Å². The van der Waals surface area contributed by atoms with Crippen molar-refractivity contribution in [1.29, 1.82) is 0 Å². The van der Waals surface area contributed by atoms with Gasteiger partial charge in [-0.15, -0.1) is 0 Å². The second kappa shape index (κ2) is 4.97. The van der Waals surface area contributed by atoms with Crippen LogP contribution in [0.25, 0.3) is 0 Å². The molecule has 1 N–H and O–H groups in total. The third kappa shape index (κ3) is 2.44. The number of pyridine rings is 1. The minimum atomic E-state index is 0.283. The van der Waals surface area contributed by atoms with Gasteiger partial charge in [0.2, 0.25) is 0 Å². The maximum atomic E-state index is 9.95. The van der Waals surface area contributed by atoms with Crippen LogP contribution in [-0.4, -0.2) is 5.11 Å². The molecular weight excluding hydrogens is 334 g/mol. The zero-order valence-electron chi connectivity index (χ0n) is 8.40. The first-order chi connectivity index (χ1) is 7.68. The third-order valence-electron chi connectivity index (χ3n) is 2.29. The quantitative estimate of drug-likeness (QED) is 0.831. The van der Waals surface area contributed by atoms with Crippen LogP contribution in [0.4, 0.5) is 0 Å². The molecule has 0 saturated carbocycles. The van der Waals surface area contributed by atoms with E-state index in [1.807, 2.05) is 47.3 Å². The molecule has 2 nitrogen and oxygen atoms in total. The number of nitrogens with zero attached hydrogens (tertiary/aromatic N) is 1. The van der Waals surface area contributed by atoms with Crippen LogP contribution >= 0.6 is 31.9 Å². The molecule has 82 valence electrons. The SMILES string of the molecule is Oc1c(Br)ccc(Br)c1C[n+]1ccccc1. The van der Waals surface area contributed by atoms with E-state index >= 15 is 0 Å². The van der Waals surface area contributed by atoms with Gasteiger partial charge in [-0.25, -0.2) is 4.57 Å². The molecule has 2 rings (SSSR count). The number of halogens is 2. The summed E-state index contributed by atoms with van der Waals surface area (Å²) in [6.07, 6.45) is 3.93. The Balaban J connectivity index is 2.38. The topological polar surface area (TPSA) is 24.1 Å². The minimum Gasteiger partial charge on any atom is -0.506 e. The molecule has 0 aliphatic heterocycles. The van der Waals surface area contributed by atoms with Gasteiger partial charge in [0, 0.05) is 16.6 Å². The van der Waals surface area contributed by atoms with Crippen LogP contribution in [0.2, 0.25) is 0 Å². The fourth-order valence-electron chi connectivity index (χ4n) is 1.46. The first-order valence-corrected chi connectivity index (χ1v) is 6.37. The summed E-state index contributed by atoms with van der Waals surface area (Å²) in [5, 5.41) is 9.95. The van der Waals surface area contributed by atoms with E-state index in [4.69, 9.17) is 0 Å². The highest BCUT2D eigenvalue weighted by Gasteiger charge is 2.13. The standard InChI is InChI=1S/C12H9Br2NO/c13-10-4-5-11(14)12(16)9(10)8-15-6-2-1-3-7-15/h1-7H,8H2/p+1. The van der Waals surface area contributed by atoms with Gasteiger partial charge in [-0.05, 0) is 28.1 Å². The van der Waals surface area contributed by atoms with E-state index in [0.717, 1.165) is 10.0 Å². The van der Waals surface area contributed by atoms with Crippen molar-refractivity contribution in [2.45, 2.75) is 6.54 Å². The van der Waals surface area contributed by atoms with Crippen molar-refractivity contribution >= 4 is 31.9 Å². The smallest absolute Gasteiger partial charge is 0.178 e. The Morgan fingerprint density at radius 1 is 1.00 bits per heavy atom. The molecule has 0 aliphatic rings. The number of phenolic OH excluding ortho intramolecular Hbond substituents is 1. The van der Waals surface area contributed by atoms with E-state index in [0.29, 0.717) is 11.0 Å². The maximum Gasteiger partial charge on any atom is 0.178 e. The molecule has 0 atom stereocenters. The van der Waals surface area contributed by atoms with Crippen LogP contribution in [0.5, 0.6) is 5.75 Å². The van der Waals surface area contributed by atoms with Gasteiger partial charge in [-0.3, -0.25) is 0 Å². The summed E-state index contributed by atoms with van der Waals surface area (Å²) in [6.45, 7) is 0.632. The number of phenols is 1. The Bertz CT molecular complexity index is 500. The average Bonchev–Trinajstić information content (AvgIpc) is 2.31. The van der Waals surface area contributed by atoms with Gasteiger partial charge in [-0.2, -0.15) is 0 Å². The fourth-order valence-corrected chi connectivity index (χ4v) is 2.27. The molecule has 0 bridgehead atoms. The Morgan fingerprint density at radius 3 is 2.31 bits per heavy atom. The lowest BCUT2D eigenvalue weighted by atomic mass is 10.2. The summed E-state index contributed by atoms with van der Waals surface area (Å²) in [4.78, 5) is 0. The highest BCUT2D eigenvalue weighted by atomic mass is 79.9. The molecule has 1 aromatic heterocycles. The number of rotatable bonds is 2. The predicted octanol–water partition coefficient (Wildman–Crippen LogP) is 3.25. The molecule has 0 aliphatic carbocycles. The van der Waals surface area contributed by atoms with Gasteiger partial charge in [0.05, 0.1) is 10.0 Å².